The van der Waals surface area contributed by atoms with E-state index in [1.54, 1.807) is 4.90 Å². The lowest BCUT2D eigenvalue weighted by atomic mass is 9.93. The fourth-order valence-electron chi connectivity index (χ4n) is 3.96. The van der Waals surface area contributed by atoms with Gasteiger partial charge >= 0.3 is 6.09 Å². The Morgan fingerprint density at radius 1 is 1.19 bits per heavy atom. The van der Waals surface area contributed by atoms with Gasteiger partial charge in [0.25, 0.3) is 0 Å². The molecule has 1 aromatic heterocycles. The normalized spacial score (nSPS) is 18.5. The molecule has 2 aromatic rings. The van der Waals surface area contributed by atoms with Crippen LogP contribution >= 0.6 is 0 Å². The number of aromatic amines is 1. The van der Waals surface area contributed by atoms with E-state index in [2.05, 4.69) is 29.2 Å². The first-order valence-electron chi connectivity index (χ1n) is 9.48. The number of piperidine rings is 1. The molecule has 3 heterocycles. The van der Waals surface area contributed by atoms with Gasteiger partial charge in [-0.15, -0.1) is 0 Å². The van der Waals surface area contributed by atoms with Crippen molar-refractivity contribution in [3.8, 4) is 0 Å². The number of H-pyrrole nitrogens is 1. The molecule has 6 heteroatoms. The Bertz CT molecular complexity index is 759. The number of likely N-dealkylation sites (tertiary alicyclic amines) is 1. The number of ether oxygens (including phenoxy) is 1. The van der Waals surface area contributed by atoms with Crippen LogP contribution in [-0.4, -0.2) is 59.6 Å². The van der Waals surface area contributed by atoms with Gasteiger partial charge < -0.3 is 19.5 Å². The molecule has 2 fully saturated rings. The second-order valence-electron chi connectivity index (χ2n) is 7.17. The van der Waals surface area contributed by atoms with Gasteiger partial charge in [-0.1, -0.05) is 18.2 Å². The second kappa shape index (κ2) is 7.40. The maximum absolute atomic E-state index is 12.4. The standard InChI is InChI=1S/C20H25N3O3/c24-19(6-3-9-23-12-13-26-20(23)25)22-10-7-15(8-11-22)18-14-16-4-1-2-5-17(16)21-18/h1-2,4-5,14-15,21H,3,6-13H2. The highest BCUT2D eigenvalue weighted by molar-refractivity contribution is 5.80. The van der Waals surface area contributed by atoms with Gasteiger partial charge in [-0.3, -0.25) is 4.79 Å². The van der Waals surface area contributed by atoms with E-state index >= 15 is 0 Å². The number of fused-ring (bicyclic) bond motifs is 1. The summed E-state index contributed by atoms with van der Waals surface area (Å²) in [7, 11) is 0. The number of carbonyl (C=O) groups excluding carboxylic acids is 2. The van der Waals surface area contributed by atoms with Crippen molar-refractivity contribution in [2.24, 2.45) is 0 Å². The molecule has 26 heavy (non-hydrogen) atoms. The minimum Gasteiger partial charge on any atom is -0.448 e. The maximum atomic E-state index is 12.4. The van der Waals surface area contributed by atoms with Crippen molar-refractivity contribution in [3.63, 3.8) is 0 Å². The third kappa shape index (κ3) is 3.54. The van der Waals surface area contributed by atoms with Gasteiger partial charge in [0.15, 0.2) is 0 Å². The van der Waals surface area contributed by atoms with Crippen molar-refractivity contribution in [1.29, 1.82) is 0 Å². The number of aromatic nitrogens is 1. The van der Waals surface area contributed by atoms with Crippen LogP contribution in [0.15, 0.2) is 30.3 Å². The lowest BCUT2D eigenvalue weighted by molar-refractivity contribution is -0.132. The number of cyclic esters (lactones) is 1. The molecule has 0 atom stereocenters. The van der Waals surface area contributed by atoms with Crippen LogP contribution in [0.5, 0.6) is 0 Å². The summed E-state index contributed by atoms with van der Waals surface area (Å²) < 4.78 is 4.90. The fourth-order valence-corrected chi connectivity index (χ4v) is 3.96. The van der Waals surface area contributed by atoms with E-state index in [1.807, 2.05) is 11.0 Å². The Balaban J connectivity index is 1.25. The molecule has 6 nitrogen and oxygen atoms in total. The molecule has 2 saturated heterocycles. The van der Waals surface area contributed by atoms with Crippen molar-refractivity contribution < 1.29 is 14.3 Å². The van der Waals surface area contributed by atoms with Gasteiger partial charge in [-0.25, -0.2) is 4.79 Å². The monoisotopic (exact) mass is 355 g/mol. The SMILES string of the molecule is O=C(CCCN1CCOC1=O)N1CCC(c2cc3ccccc3[nH]2)CC1. The van der Waals surface area contributed by atoms with Crippen LogP contribution in [0, 0.1) is 0 Å². The van der Waals surface area contributed by atoms with E-state index < -0.39 is 0 Å². The largest absolute Gasteiger partial charge is 0.448 e. The predicted octanol–water partition coefficient (Wildman–Crippen LogP) is 3.11. The maximum Gasteiger partial charge on any atom is 0.409 e. The first kappa shape index (κ1) is 16.9. The molecule has 1 aromatic carbocycles. The summed E-state index contributed by atoms with van der Waals surface area (Å²) >= 11 is 0. The Hall–Kier alpha value is -2.50. The Kier molecular flexibility index (Phi) is 4.82. The van der Waals surface area contributed by atoms with Gasteiger partial charge in [0.2, 0.25) is 5.91 Å². The number of nitrogens with one attached hydrogen (secondary N) is 1. The van der Waals surface area contributed by atoms with Crippen LogP contribution in [0.25, 0.3) is 10.9 Å². The summed E-state index contributed by atoms with van der Waals surface area (Å²) in [6, 6.07) is 10.6. The Morgan fingerprint density at radius 2 is 2.00 bits per heavy atom. The zero-order valence-electron chi connectivity index (χ0n) is 14.9. The first-order chi connectivity index (χ1) is 12.7. The summed E-state index contributed by atoms with van der Waals surface area (Å²) in [5.74, 6) is 0.693. The molecule has 0 unspecified atom stereocenters. The number of para-hydroxylation sites is 1. The van der Waals surface area contributed by atoms with E-state index in [-0.39, 0.29) is 12.0 Å². The molecular weight excluding hydrogens is 330 g/mol. The third-order valence-electron chi connectivity index (χ3n) is 5.50. The molecule has 1 N–H and O–H groups in total. The number of amides is 2. The molecular formula is C20H25N3O3. The summed E-state index contributed by atoms with van der Waals surface area (Å²) in [6.07, 6.45) is 2.95. The second-order valence-corrected chi connectivity index (χ2v) is 7.17. The number of benzene rings is 1. The number of rotatable bonds is 5. The van der Waals surface area contributed by atoms with Gasteiger partial charge in [-0.05, 0) is 36.8 Å². The van der Waals surface area contributed by atoms with Crippen molar-refractivity contribution in [1.82, 2.24) is 14.8 Å². The topological polar surface area (TPSA) is 65.6 Å². The average molecular weight is 355 g/mol. The highest BCUT2D eigenvalue weighted by Gasteiger charge is 2.25. The number of hydrogen-bond donors (Lipinski definition) is 1. The van der Waals surface area contributed by atoms with Crippen molar-refractivity contribution in [2.75, 3.05) is 32.8 Å². The summed E-state index contributed by atoms with van der Waals surface area (Å²) in [5, 5.41) is 1.25. The molecule has 4 rings (SSSR count). The Morgan fingerprint density at radius 3 is 2.73 bits per heavy atom. The highest BCUT2D eigenvalue weighted by atomic mass is 16.6. The van der Waals surface area contributed by atoms with Crippen LogP contribution in [0.3, 0.4) is 0 Å². The average Bonchev–Trinajstić information content (AvgIpc) is 3.28. The van der Waals surface area contributed by atoms with Crippen LogP contribution in [0.2, 0.25) is 0 Å². The molecule has 0 bridgehead atoms. The van der Waals surface area contributed by atoms with Gasteiger partial charge in [-0.2, -0.15) is 0 Å². The summed E-state index contributed by atoms with van der Waals surface area (Å²) in [5.41, 5.74) is 2.47. The molecule has 0 aliphatic carbocycles. The van der Waals surface area contributed by atoms with Crippen molar-refractivity contribution in [2.45, 2.75) is 31.6 Å². The van der Waals surface area contributed by atoms with E-state index in [0.717, 1.165) is 25.9 Å². The van der Waals surface area contributed by atoms with E-state index in [0.29, 0.717) is 38.5 Å². The van der Waals surface area contributed by atoms with Crippen LogP contribution < -0.4 is 0 Å². The van der Waals surface area contributed by atoms with Crippen molar-refractivity contribution >= 4 is 22.9 Å². The zero-order valence-corrected chi connectivity index (χ0v) is 14.9. The third-order valence-corrected chi connectivity index (χ3v) is 5.50. The number of hydrogen-bond acceptors (Lipinski definition) is 3. The molecule has 0 radical (unpaired) electrons. The summed E-state index contributed by atoms with van der Waals surface area (Å²) in [6.45, 7) is 3.34. The molecule has 2 amide bonds. The van der Waals surface area contributed by atoms with E-state index in [9.17, 15) is 9.59 Å². The lowest BCUT2D eigenvalue weighted by Crippen LogP contribution is -2.38. The van der Waals surface area contributed by atoms with Crippen LogP contribution in [0.4, 0.5) is 4.79 Å². The summed E-state index contributed by atoms with van der Waals surface area (Å²) in [4.78, 5) is 31.0. The van der Waals surface area contributed by atoms with Gasteiger partial charge in [0, 0.05) is 43.2 Å². The van der Waals surface area contributed by atoms with E-state index in [1.165, 1.54) is 16.6 Å². The number of nitrogens with zero attached hydrogens (tertiary/aromatic N) is 2. The lowest BCUT2D eigenvalue weighted by Gasteiger charge is -2.32. The van der Waals surface area contributed by atoms with Crippen molar-refractivity contribution in [3.05, 3.63) is 36.0 Å². The van der Waals surface area contributed by atoms with Gasteiger partial charge in [0.05, 0.1) is 6.54 Å². The zero-order chi connectivity index (χ0) is 17.9. The Labute approximate surface area is 153 Å². The predicted molar refractivity (Wildman–Crippen MR) is 99.0 cm³/mol. The highest BCUT2D eigenvalue weighted by Crippen LogP contribution is 2.30. The van der Waals surface area contributed by atoms with E-state index in [4.69, 9.17) is 4.74 Å². The van der Waals surface area contributed by atoms with Gasteiger partial charge in [0.1, 0.15) is 6.61 Å². The fraction of sp³-hybridized carbons (Fsp3) is 0.500. The molecule has 2 aliphatic heterocycles. The van der Waals surface area contributed by atoms with Crippen LogP contribution in [-0.2, 0) is 9.53 Å². The molecule has 0 spiro atoms. The molecule has 138 valence electrons. The first-order valence-corrected chi connectivity index (χ1v) is 9.48. The number of carbonyl (C=O) groups is 2. The van der Waals surface area contributed by atoms with Crippen LogP contribution in [0.1, 0.15) is 37.3 Å². The minimum absolute atomic E-state index is 0.202. The smallest absolute Gasteiger partial charge is 0.409 e. The molecule has 2 aliphatic rings. The molecule has 0 saturated carbocycles. The minimum atomic E-state index is -0.253. The quantitative estimate of drug-likeness (QED) is 0.896.